The van der Waals surface area contributed by atoms with Gasteiger partial charge in [0.1, 0.15) is 5.82 Å². The lowest BCUT2D eigenvalue weighted by Crippen LogP contribution is -2.40. The molecule has 3 aromatic heterocycles. The van der Waals surface area contributed by atoms with Gasteiger partial charge in [-0.2, -0.15) is 0 Å². The van der Waals surface area contributed by atoms with E-state index in [2.05, 4.69) is 72.9 Å². The minimum absolute atomic E-state index is 0.0253. The molecule has 0 saturated heterocycles. The van der Waals surface area contributed by atoms with Crippen molar-refractivity contribution in [3.05, 3.63) is 86.0 Å². The van der Waals surface area contributed by atoms with Crippen molar-refractivity contribution >= 4 is 40.3 Å². The molecule has 0 N–H and O–H groups in total. The monoisotopic (exact) mass is 492 g/mol. The molecule has 33 heavy (non-hydrogen) atoms. The van der Waals surface area contributed by atoms with Crippen LogP contribution in [0.4, 0.5) is 0 Å². The van der Waals surface area contributed by atoms with Crippen LogP contribution in [0.5, 0.6) is 0 Å². The van der Waals surface area contributed by atoms with Crippen molar-refractivity contribution in [2.24, 2.45) is 0 Å². The summed E-state index contributed by atoms with van der Waals surface area (Å²) in [7, 11) is 0. The minimum atomic E-state index is 0.0253. The number of benzene rings is 1. The number of hydrogen-bond acceptors (Lipinski definition) is 6. The average molecular weight is 493 g/mol. The van der Waals surface area contributed by atoms with Gasteiger partial charge in [0.15, 0.2) is 5.16 Å². The number of thioether (sulfide) groups is 1. The summed E-state index contributed by atoms with van der Waals surface area (Å²) in [6.07, 6.45) is 3.28. The lowest BCUT2D eigenvalue weighted by molar-refractivity contribution is -0.130. The van der Waals surface area contributed by atoms with Crippen LogP contribution in [-0.2, 0) is 17.8 Å². The largest absolute Gasteiger partial charge is 0.330 e. The van der Waals surface area contributed by atoms with E-state index >= 15 is 0 Å². The molecule has 1 fully saturated rings. The summed E-state index contributed by atoms with van der Waals surface area (Å²) in [5.41, 5.74) is 2.52. The van der Waals surface area contributed by atoms with Crippen molar-refractivity contribution in [1.82, 2.24) is 19.7 Å². The molecule has 1 aliphatic carbocycles. The van der Waals surface area contributed by atoms with Gasteiger partial charge in [0.2, 0.25) is 5.91 Å². The van der Waals surface area contributed by atoms with Gasteiger partial charge in [-0.05, 0) is 53.3 Å². The lowest BCUT2D eigenvalue weighted by Gasteiger charge is -2.35. The summed E-state index contributed by atoms with van der Waals surface area (Å²) < 4.78 is 2.22. The highest BCUT2D eigenvalue weighted by Crippen LogP contribution is 2.41. The summed E-state index contributed by atoms with van der Waals surface area (Å²) in [6.45, 7) is 1.51. The number of nitrogens with zero attached hydrogens (tertiary/aromatic N) is 4. The highest BCUT2D eigenvalue weighted by atomic mass is 32.2. The van der Waals surface area contributed by atoms with E-state index in [0.717, 1.165) is 30.5 Å². The molecule has 168 valence electrons. The van der Waals surface area contributed by atoms with E-state index < -0.39 is 0 Å². The number of carbonyl (C=O) groups excluding carboxylic acids is 1. The normalized spacial score (nSPS) is 17.8. The highest BCUT2D eigenvalue weighted by Gasteiger charge is 2.34. The molecular weight excluding hydrogens is 469 g/mol. The molecule has 1 aromatic carbocycles. The summed E-state index contributed by atoms with van der Waals surface area (Å²) in [5.74, 6) is 2.11. The second-order valence-corrected chi connectivity index (χ2v) is 11.5. The number of amides is 1. The van der Waals surface area contributed by atoms with E-state index in [1.54, 1.807) is 22.7 Å². The maximum absolute atomic E-state index is 13.5. The van der Waals surface area contributed by atoms with Crippen LogP contribution in [0.2, 0.25) is 0 Å². The zero-order chi connectivity index (χ0) is 22.2. The van der Waals surface area contributed by atoms with Crippen molar-refractivity contribution < 1.29 is 4.79 Å². The van der Waals surface area contributed by atoms with Gasteiger partial charge in [0.25, 0.3) is 0 Å². The Bertz CT molecular complexity index is 1240. The highest BCUT2D eigenvalue weighted by molar-refractivity contribution is 7.99. The Morgan fingerprint density at radius 3 is 2.70 bits per heavy atom. The molecule has 0 bridgehead atoms. The predicted molar refractivity (Wildman–Crippen MR) is 134 cm³/mol. The van der Waals surface area contributed by atoms with Crippen LogP contribution in [-0.4, -0.2) is 37.9 Å². The summed E-state index contributed by atoms with van der Waals surface area (Å²) in [5, 5.41) is 14.1. The van der Waals surface area contributed by atoms with E-state index in [9.17, 15) is 4.79 Å². The molecule has 1 amide bonds. The van der Waals surface area contributed by atoms with E-state index in [-0.39, 0.29) is 11.9 Å². The zero-order valence-corrected chi connectivity index (χ0v) is 20.5. The Labute approximate surface area is 205 Å². The van der Waals surface area contributed by atoms with Gasteiger partial charge >= 0.3 is 0 Å². The first kappa shape index (κ1) is 21.1. The Hall–Kier alpha value is -2.42. The van der Waals surface area contributed by atoms with Crippen molar-refractivity contribution in [3.63, 3.8) is 0 Å². The third-order valence-electron chi connectivity index (χ3n) is 6.30. The quantitative estimate of drug-likeness (QED) is 0.316. The topological polar surface area (TPSA) is 51.0 Å². The Morgan fingerprint density at radius 2 is 1.91 bits per heavy atom. The van der Waals surface area contributed by atoms with E-state index in [1.807, 2.05) is 6.07 Å². The standard InChI is InChI=1S/C25H24N4OS3/c30-22(28-12-10-20-19(11-14-32-20)23(28)21-7-4-13-31-21)16-33-25-27-26-24(18-8-9-18)29(25)15-17-5-2-1-3-6-17/h1-7,11,13-14,18,23H,8-10,12,15-16H2/t23-/m0/s1. The van der Waals surface area contributed by atoms with E-state index in [0.29, 0.717) is 11.7 Å². The number of carbonyl (C=O) groups is 1. The fourth-order valence-electron chi connectivity index (χ4n) is 4.51. The molecule has 5 nitrogen and oxygen atoms in total. The molecule has 4 heterocycles. The number of rotatable bonds is 7. The van der Waals surface area contributed by atoms with Crippen LogP contribution < -0.4 is 0 Å². The third-order valence-corrected chi connectivity index (χ3v) is 9.17. The number of hydrogen-bond donors (Lipinski definition) is 0. The van der Waals surface area contributed by atoms with Gasteiger partial charge in [0, 0.05) is 22.2 Å². The van der Waals surface area contributed by atoms with E-state index in [1.165, 1.54) is 45.5 Å². The van der Waals surface area contributed by atoms with Crippen LogP contribution in [0.25, 0.3) is 0 Å². The number of aromatic nitrogens is 3. The fourth-order valence-corrected chi connectivity index (χ4v) is 7.10. The zero-order valence-electron chi connectivity index (χ0n) is 18.1. The Kier molecular flexibility index (Phi) is 5.82. The van der Waals surface area contributed by atoms with Crippen LogP contribution in [0.3, 0.4) is 0 Å². The maximum atomic E-state index is 13.5. The van der Waals surface area contributed by atoms with Crippen molar-refractivity contribution in [1.29, 1.82) is 0 Å². The maximum Gasteiger partial charge on any atom is 0.233 e. The first-order chi connectivity index (χ1) is 16.3. The van der Waals surface area contributed by atoms with Crippen LogP contribution in [0, 0.1) is 0 Å². The SMILES string of the molecule is O=C(CSc1nnc(C2CC2)n1Cc1ccccc1)N1CCc2sccc2[C@H]1c1cccs1. The van der Waals surface area contributed by atoms with Crippen LogP contribution >= 0.6 is 34.4 Å². The summed E-state index contributed by atoms with van der Waals surface area (Å²) in [4.78, 5) is 18.2. The van der Waals surface area contributed by atoms with Crippen molar-refractivity contribution in [2.45, 2.75) is 42.9 Å². The van der Waals surface area contributed by atoms with Gasteiger partial charge in [-0.1, -0.05) is 48.2 Å². The smallest absolute Gasteiger partial charge is 0.233 e. The number of fused-ring (bicyclic) bond motifs is 1. The summed E-state index contributed by atoms with van der Waals surface area (Å²) in [6, 6.07) is 16.9. The molecule has 1 atom stereocenters. The van der Waals surface area contributed by atoms with Crippen molar-refractivity contribution in [2.75, 3.05) is 12.3 Å². The molecule has 0 spiro atoms. The predicted octanol–water partition coefficient (Wildman–Crippen LogP) is 5.59. The van der Waals surface area contributed by atoms with Crippen LogP contribution in [0.1, 0.15) is 51.5 Å². The van der Waals surface area contributed by atoms with E-state index in [4.69, 9.17) is 0 Å². The van der Waals surface area contributed by atoms with Crippen LogP contribution in [0.15, 0.2) is 64.4 Å². The fraction of sp³-hybridized carbons (Fsp3) is 0.320. The Morgan fingerprint density at radius 1 is 1.03 bits per heavy atom. The second kappa shape index (κ2) is 9.08. The van der Waals surface area contributed by atoms with Crippen molar-refractivity contribution in [3.8, 4) is 0 Å². The van der Waals surface area contributed by atoms with Gasteiger partial charge in [-0.3, -0.25) is 4.79 Å². The second-order valence-electron chi connectivity index (χ2n) is 8.53. The lowest BCUT2D eigenvalue weighted by atomic mass is 9.98. The third kappa shape index (κ3) is 4.27. The molecule has 0 radical (unpaired) electrons. The molecule has 4 aromatic rings. The molecule has 0 unspecified atom stereocenters. The molecule has 1 saturated carbocycles. The molecule has 6 rings (SSSR count). The van der Waals surface area contributed by atoms with Gasteiger partial charge in [0.05, 0.1) is 18.3 Å². The van der Waals surface area contributed by atoms with Gasteiger partial charge in [-0.15, -0.1) is 32.9 Å². The molecule has 1 aliphatic heterocycles. The Balaban J connectivity index is 1.22. The molecule has 2 aliphatic rings. The van der Waals surface area contributed by atoms with Gasteiger partial charge in [-0.25, -0.2) is 0 Å². The van der Waals surface area contributed by atoms with Gasteiger partial charge < -0.3 is 9.47 Å². The molecular formula is C25H24N4OS3. The number of thiophene rings is 2. The molecule has 8 heteroatoms. The average Bonchev–Trinajstić information content (AvgIpc) is 3.22. The summed E-state index contributed by atoms with van der Waals surface area (Å²) >= 11 is 5.05. The first-order valence-electron chi connectivity index (χ1n) is 11.3. The first-order valence-corrected chi connectivity index (χ1v) is 14.0. The minimum Gasteiger partial charge on any atom is -0.330 e.